The molecule has 1 aliphatic rings. The predicted octanol–water partition coefficient (Wildman–Crippen LogP) is 1.48. The van der Waals surface area contributed by atoms with E-state index in [-0.39, 0.29) is 5.91 Å². The second-order valence-electron chi connectivity index (χ2n) is 6.21. The summed E-state index contributed by atoms with van der Waals surface area (Å²) in [6, 6.07) is 9.50. The fourth-order valence-electron chi connectivity index (χ4n) is 2.95. The van der Waals surface area contributed by atoms with Gasteiger partial charge in [-0.15, -0.1) is 0 Å². The average Bonchev–Trinajstić information content (AvgIpc) is 3.04. The van der Waals surface area contributed by atoms with E-state index in [1.807, 2.05) is 43.6 Å². The molecule has 3 heterocycles. The summed E-state index contributed by atoms with van der Waals surface area (Å²) < 4.78 is 1.75. The maximum absolute atomic E-state index is 12.4. The molecule has 0 atom stereocenters. The lowest BCUT2D eigenvalue weighted by Gasteiger charge is -2.17. The van der Waals surface area contributed by atoms with Gasteiger partial charge in [-0.3, -0.25) is 4.79 Å². The number of hydrogen-bond donors (Lipinski definition) is 2. The van der Waals surface area contributed by atoms with Gasteiger partial charge in [0.25, 0.3) is 5.91 Å². The molecule has 0 saturated heterocycles. The third kappa shape index (κ3) is 3.18. The van der Waals surface area contributed by atoms with Crippen LogP contribution in [0.3, 0.4) is 0 Å². The molecule has 4 bridgehead atoms. The molecule has 4 rings (SSSR count). The molecule has 7 heteroatoms. The number of likely N-dealkylation sites (N-methyl/N-ethyl adjacent to an activating group) is 1. The topological polar surface area (TPSA) is 74.6 Å². The number of carbonyl (C=O) groups is 1. The number of carbonyl (C=O) groups excluding carboxylic acids is 1. The number of amides is 1. The number of fused-ring (bicyclic) bond motifs is 4. The predicted molar refractivity (Wildman–Crippen MR) is 96.7 cm³/mol. The molecule has 1 amide bonds. The first-order chi connectivity index (χ1) is 12.2. The van der Waals surface area contributed by atoms with Crippen molar-refractivity contribution >= 4 is 17.4 Å². The smallest absolute Gasteiger partial charge is 0.251 e. The van der Waals surface area contributed by atoms with E-state index in [0.29, 0.717) is 12.1 Å². The van der Waals surface area contributed by atoms with E-state index < -0.39 is 0 Å². The Labute approximate surface area is 145 Å². The van der Waals surface area contributed by atoms with E-state index in [1.165, 1.54) is 0 Å². The summed E-state index contributed by atoms with van der Waals surface area (Å²) in [4.78, 5) is 19.3. The van der Waals surface area contributed by atoms with Crippen LogP contribution in [0.1, 0.15) is 10.4 Å². The summed E-state index contributed by atoms with van der Waals surface area (Å²) in [5, 5.41) is 10.7. The Balaban J connectivity index is 1.80. The minimum absolute atomic E-state index is 0.0617. The lowest BCUT2D eigenvalue weighted by atomic mass is 10.1. The second kappa shape index (κ2) is 6.52. The van der Waals surface area contributed by atoms with Gasteiger partial charge >= 0.3 is 0 Å². The van der Waals surface area contributed by atoms with Crippen molar-refractivity contribution in [1.82, 2.24) is 24.8 Å². The summed E-state index contributed by atoms with van der Waals surface area (Å²) in [6.45, 7) is 3.06. The fourth-order valence-corrected chi connectivity index (χ4v) is 2.95. The van der Waals surface area contributed by atoms with Gasteiger partial charge in [-0.1, -0.05) is 12.1 Å². The van der Waals surface area contributed by atoms with E-state index in [0.717, 1.165) is 42.2 Å². The first kappa shape index (κ1) is 15.6. The lowest BCUT2D eigenvalue weighted by Crippen LogP contribution is -2.35. The van der Waals surface area contributed by atoms with Gasteiger partial charge in [0.15, 0.2) is 5.65 Å². The molecule has 0 unspecified atom stereocenters. The van der Waals surface area contributed by atoms with Crippen molar-refractivity contribution in [2.45, 2.75) is 0 Å². The van der Waals surface area contributed by atoms with Crippen molar-refractivity contribution in [1.29, 1.82) is 0 Å². The van der Waals surface area contributed by atoms with E-state index in [9.17, 15) is 4.79 Å². The monoisotopic (exact) mass is 336 g/mol. The van der Waals surface area contributed by atoms with Crippen molar-refractivity contribution in [2.75, 3.05) is 38.5 Å². The Hall–Kier alpha value is -2.93. The third-order valence-electron chi connectivity index (χ3n) is 4.38. The van der Waals surface area contributed by atoms with Gasteiger partial charge < -0.3 is 15.5 Å². The lowest BCUT2D eigenvalue weighted by molar-refractivity contribution is 0.0950. The highest BCUT2D eigenvalue weighted by Gasteiger charge is 2.13. The van der Waals surface area contributed by atoms with Crippen LogP contribution in [0.2, 0.25) is 0 Å². The molecule has 1 aliphatic heterocycles. The van der Waals surface area contributed by atoms with Gasteiger partial charge in [0.2, 0.25) is 0 Å². The molecule has 0 fully saturated rings. The summed E-state index contributed by atoms with van der Waals surface area (Å²) in [6.07, 6.45) is 3.68. The SMILES string of the molecule is CN1CCNC(=O)c2cccc(c2)-c2cnn3ccc(nc23)NCC1. The second-order valence-corrected chi connectivity index (χ2v) is 6.21. The average molecular weight is 336 g/mol. The molecule has 0 radical (unpaired) electrons. The highest BCUT2D eigenvalue weighted by Crippen LogP contribution is 2.25. The molecule has 25 heavy (non-hydrogen) atoms. The van der Waals surface area contributed by atoms with Gasteiger partial charge in [-0.2, -0.15) is 5.10 Å². The number of anilines is 1. The summed E-state index contributed by atoms with van der Waals surface area (Å²) in [5.74, 6) is 0.760. The van der Waals surface area contributed by atoms with Crippen LogP contribution in [0.5, 0.6) is 0 Å². The van der Waals surface area contributed by atoms with Crippen LogP contribution in [-0.2, 0) is 0 Å². The zero-order valence-corrected chi connectivity index (χ0v) is 14.1. The molecule has 1 aromatic carbocycles. The minimum Gasteiger partial charge on any atom is -0.369 e. The van der Waals surface area contributed by atoms with Crippen molar-refractivity contribution in [2.24, 2.45) is 0 Å². The molecule has 0 spiro atoms. The van der Waals surface area contributed by atoms with Crippen molar-refractivity contribution in [3.63, 3.8) is 0 Å². The Morgan fingerprint density at radius 3 is 2.76 bits per heavy atom. The number of nitrogens with zero attached hydrogens (tertiary/aromatic N) is 4. The van der Waals surface area contributed by atoms with Crippen LogP contribution in [0.4, 0.5) is 5.82 Å². The number of aromatic nitrogens is 3. The van der Waals surface area contributed by atoms with Crippen LogP contribution < -0.4 is 10.6 Å². The van der Waals surface area contributed by atoms with Gasteiger partial charge in [-0.05, 0) is 30.8 Å². The standard InChI is InChI=1S/C18H20N6O/c1-23-9-6-19-16-5-8-24-17(22-16)15(12-21-24)13-3-2-4-14(11-13)18(25)20-7-10-23/h2-5,8,11-12H,6-7,9-10H2,1H3,(H,19,22)(H,20,25). The molecule has 0 aliphatic carbocycles. The van der Waals surface area contributed by atoms with Crippen molar-refractivity contribution in [3.05, 3.63) is 48.3 Å². The Bertz CT molecular complexity index is 919. The molecule has 7 nitrogen and oxygen atoms in total. The van der Waals surface area contributed by atoms with Crippen LogP contribution in [-0.4, -0.2) is 58.6 Å². The molecular formula is C18H20N6O. The number of hydrogen-bond acceptors (Lipinski definition) is 5. The van der Waals surface area contributed by atoms with Crippen LogP contribution in [0.15, 0.2) is 42.7 Å². The zero-order valence-electron chi connectivity index (χ0n) is 14.1. The van der Waals surface area contributed by atoms with Gasteiger partial charge in [0.1, 0.15) is 5.82 Å². The maximum atomic E-state index is 12.4. The number of rotatable bonds is 0. The van der Waals surface area contributed by atoms with Crippen molar-refractivity contribution < 1.29 is 4.79 Å². The highest BCUT2D eigenvalue weighted by atomic mass is 16.1. The molecule has 2 aromatic heterocycles. The largest absolute Gasteiger partial charge is 0.369 e. The van der Waals surface area contributed by atoms with Crippen LogP contribution in [0, 0.1) is 0 Å². The Morgan fingerprint density at radius 2 is 1.88 bits per heavy atom. The molecule has 0 saturated carbocycles. The van der Waals surface area contributed by atoms with Crippen LogP contribution in [0.25, 0.3) is 16.8 Å². The molecule has 2 N–H and O–H groups in total. The van der Waals surface area contributed by atoms with Gasteiger partial charge in [0.05, 0.1) is 6.20 Å². The van der Waals surface area contributed by atoms with E-state index in [2.05, 4.69) is 20.6 Å². The van der Waals surface area contributed by atoms with Crippen molar-refractivity contribution in [3.8, 4) is 11.1 Å². The minimum atomic E-state index is -0.0617. The normalized spacial score (nSPS) is 16.1. The summed E-state index contributed by atoms with van der Waals surface area (Å²) >= 11 is 0. The van der Waals surface area contributed by atoms with E-state index >= 15 is 0 Å². The van der Waals surface area contributed by atoms with Crippen LogP contribution >= 0.6 is 0 Å². The Kier molecular flexibility index (Phi) is 4.07. The first-order valence-corrected chi connectivity index (χ1v) is 8.36. The highest BCUT2D eigenvalue weighted by molar-refractivity contribution is 5.96. The zero-order chi connectivity index (χ0) is 17.2. The quantitative estimate of drug-likeness (QED) is 0.650. The molecular weight excluding hydrogens is 316 g/mol. The van der Waals surface area contributed by atoms with Gasteiger partial charge in [0, 0.05) is 43.5 Å². The third-order valence-corrected chi connectivity index (χ3v) is 4.38. The molecule has 3 aromatic rings. The van der Waals surface area contributed by atoms with E-state index in [1.54, 1.807) is 10.7 Å². The Morgan fingerprint density at radius 1 is 1.08 bits per heavy atom. The number of nitrogens with one attached hydrogen (secondary N) is 2. The fraction of sp³-hybridized carbons (Fsp3) is 0.278. The first-order valence-electron chi connectivity index (χ1n) is 8.36. The maximum Gasteiger partial charge on any atom is 0.251 e. The number of benzene rings is 1. The summed E-state index contributed by atoms with van der Waals surface area (Å²) in [7, 11) is 2.04. The summed E-state index contributed by atoms with van der Waals surface area (Å²) in [5.41, 5.74) is 3.25. The van der Waals surface area contributed by atoms with Gasteiger partial charge in [-0.25, -0.2) is 9.50 Å². The van der Waals surface area contributed by atoms with E-state index in [4.69, 9.17) is 4.98 Å². The molecule has 128 valence electrons.